The number of halogens is 1. The third-order valence-electron chi connectivity index (χ3n) is 8.43. The summed E-state index contributed by atoms with van der Waals surface area (Å²) in [5.41, 5.74) is 1.23. The SMILES string of the molecule is COCCN(Cc1cc(O)c2c(c1F)C[C@H]1C[C@H]3[C@H](N(C)C)C(=O)C(C(N)=O)=C(O)[C@@]3(O)C(=O)C1=C2O)CC(C)(C)C. The number of methoxy groups -OCH3 is 1. The van der Waals surface area contributed by atoms with Crippen LogP contribution in [0, 0.1) is 23.1 Å². The van der Waals surface area contributed by atoms with Crippen LogP contribution < -0.4 is 5.73 Å². The highest BCUT2D eigenvalue weighted by Crippen LogP contribution is 2.53. The molecule has 1 aromatic carbocycles. The van der Waals surface area contributed by atoms with Gasteiger partial charge in [-0.1, -0.05) is 20.8 Å². The molecule has 12 heteroatoms. The van der Waals surface area contributed by atoms with Crippen LogP contribution >= 0.6 is 0 Å². The van der Waals surface area contributed by atoms with Crippen molar-refractivity contribution >= 4 is 23.2 Å². The Balaban J connectivity index is 1.84. The summed E-state index contributed by atoms with van der Waals surface area (Å²) in [7, 11) is 4.61. The Morgan fingerprint density at radius 3 is 2.40 bits per heavy atom. The van der Waals surface area contributed by atoms with Crippen molar-refractivity contribution in [3.8, 4) is 5.75 Å². The molecule has 0 aromatic heterocycles. The number of carbonyl (C=O) groups is 3. The molecule has 4 atom stereocenters. The lowest BCUT2D eigenvalue weighted by Crippen LogP contribution is -2.65. The molecule has 1 amide bonds. The lowest BCUT2D eigenvalue weighted by atomic mass is 9.57. The van der Waals surface area contributed by atoms with Crippen LogP contribution in [0.15, 0.2) is 23.0 Å². The molecule has 0 radical (unpaired) electrons. The Morgan fingerprint density at radius 1 is 1.21 bits per heavy atom. The predicted molar refractivity (Wildman–Crippen MR) is 151 cm³/mol. The lowest BCUT2D eigenvalue weighted by molar-refractivity contribution is -0.153. The molecule has 6 N–H and O–H groups in total. The van der Waals surface area contributed by atoms with Gasteiger partial charge in [-0.2, -0.15) is 0 Å². The highest BCUT2D eigenvalue weighted by atomic mass is 19.1. The number of aliphatic hydroxyl groups excluding tert-OH is 2. The number of Topliss-reactive ketones (excluding diaryl/α,β-unsaturated/α-hetero) is 2. The topological polar surface area (TPSA) is 174 Å². The second-order valence-electron chi connectivity index (χ2n) is 12.9. The van der Waals surface area contributed by atoms with Gasteiger partial charge < -0.3 is 30.9 Å². The maximum atomic E-state index is 16.2. The first kappa shape index (κ1) is 31.6. The van der Waals surface area contributed by atoms with Gasteiger partial charge in [0, 0.05) is 49.4 Å². The van der Waals surface area contributed by atoms with Gasteiger partial charge in [-0.3, -0.25) is 24.2 Å². The Bertz CT molecular complexity index is 1400. The molecule has 1 aromatic rings. The third kappa shape index (κ3) is 5.10. The van der Waals surface area contributed by atoms with E-state index in [1.54, 1.807) is 7.11 Å². The van der Waals surface area contributed by atoms with E-state index in [0.29, 0.717) is 19.7 Å². The quantitative estimate of drug-likeness (QED) is 0.280. The lowest BCUT2D eigenvalue weighted by Gasteiger charge is -2.50. The first-order valence-electron chi connectivity index (χ1n) is 13.8. The number of aliphatic hydroxyl groups is 3. The van der Waals surface area contributed by atoms with E-state index in [2.05, 4.69) is 20.8 Å². The summed E-state index contributed by atoms with van der Waals surface area (Å²) >= 11 is 0. The fourth-order valence-corrected chi connectivity index (χ4v) is 6.81. The molecule has 42 heavy (non-hydrogen) atoms. The molecule has 4 rings (SSSR count). The van der Waals surface area contributed by atoms with E-state index in [4.69, 9.17) is 10.5 Å². The summed E-state index contributed by atoms with van der Waals surface area (Å²) in [6.45, 7) is 7.86. The van der Waals surface area contributed by atoms with E-state index < -0.39 is 69.6 Å². The number of aromatic hydroxyl groups is 1. The van der Waals surface area contributed by atoms with Crippen LogP contribution in [0.25, 0.3) is 5.76 Å². The number of carbonyl (C=O) groups excluding carboxylic acids is 3. The Hall–Kier alpha value is -3.32. The number of hydrogen-bond donors (Lipinski definition) is 5. The van der Waals surface area contributed by atoms with Gasteiger partial charge in [0.15, 0.2) is 11.4 Å². The molecule has 0 spiro atoms. The van der Waals surface area contributed by atoms with E-state index in [0.717, 1.165) is 0 Å². The first-order valence-corrected chi connectivity index (χ1v) is 13.8. The molecule has 3 aliphatic rings. The molecule has 11 nitrogen and oxygen atoms in total. The average Bonchev–Trinajstić information content (AvgIpc) is 2.86. The fourth-order valence-electron chi connectivity index (χ4n) is 6.81. The smallest absolute Gasteiger partial charge is 0.255 e. The van der Waals surface area contributed by atoms with E-state index in [-0.39, 0.29) is 47.1 Å². The van der Waals surface area contributed by atoms with Gasteiger partial charge in [0.25, 0.3) is 5.91 Å². The Labute approximate surface area is 244 Å². The number of fused-ring (bicyclic) bond motifs is 3. The van der Waals surface area contributed by atoms with Crippen molar-refractivity contribution < 1.29 is 43.9 Å². The number of ether oxygens (including phenoxy) is 1. The van der Waals surface area contributed by atoms with Gasteiger partial charge in [-0.15, -0.1) is 0 Å². The van der Waals surface area contributed by atoms with Crippen molar-refractivity contribution in [2.24, 2.45) is 23.0 Å². The van der Waals surface area contributed by atoms with E-state index in [1.165, 1.54) is 25.1 Å². The van der Waals surface area contributed by atoms with Crippen LogP contribution in [-0.2, 0) is 32.1 Å². The van der Waals surface area contributed by atoms with Gasteiger partial charge in [0.2, 0.25) is 5.78 Å². The van der Waals surface area contributed by atoms with Crippen LogP contribution in [0.2, 0.25) is 0 Å². The number of benzene rings is 1. The number of amides is 1. The number of likely N-dealkylation sites (N-methyl/N-ethyl adjacent to an activating group) is 1. The van der Waals surface area contributed by atoms with Crippen molar-refractivity contribution in [1.29, 1.82) is 0 Å². The Morgan fingerprint density at radius 2 is 1.86 bits per heavy atom. The number of phenols is 1. The highest BCUT2D eigenvalue weighted by Gasteiger charge is 2.64. The molecule has 0 heterocycles. The molecular weight excluding hydrogens is 549 g/mol. The zero-order valence-corrected chi connectivity index (χ0v) is 24.8. The fraction of sp³-hybridized carbons (Fsp3) is 0.567. The van der Waals surface area contributed by atoms with Gasteiger partial charge in [-0.05, 0) is 44.3 Å². The summed E-state index contributed by atoms with van der Waals surface area (Å²) in [4.78, 5) is 42.6. The van der Waals surface area contributed by atoms with Crippen molar-refractivity contribution in [1.82, 2.24) is 9.80 Å². The van der Waals surface area contributed by atoms with E-state index in [1.807, 2.05) is 4.90 Å². The predicted octanol–water partition coefficient (Wildman–Crippen LogP) is 1.60. The molecule has 1 saturated carbocycles. The Kier molecular flexibility index (Phi) is 8.33. The minimum absolute atomic E-state index is 0.0121. The number of ketones is 2. The largest absolute Gasteiger partial charge is 0.508 e. The van der Waals surface area contributed by atoms with Gasteiger partial charge in [-0.25, -0.2) is 4.39 Å². The molecule has 230 valence electrons. The van der Waals surface area contributed by atoms with Crippen molar-refractivity contribution in [3.05, 3.63) is 45.5 Å². The van der Waals surface area contributed by atoms with E-state index >= 15 is 4.39 Å². The summed E-state index contributed by atoms with van der Waals surface area (Å²) in [6.07, 6.45) is -0.223. The van der Waals surface area contributed by atoms with Gasteiger partial charge in [0.1, 0.15) is 28.7 Å². The zero-order valence-electron chi connectivity index (χ0n) is 24.8. The molecule has 0 aliphatic heterocycles. The van der Waals surface area contributed by atoms with Crippen molar-refractivity contribution in [3.63, 3.8) is 0 Å². The van der Waals surface area contributed by atoms with Gasteiger partial charge in [0.05, 0.1) is 18.2 Å². The van der Waals surface area contributed by atoms with Crippen LogP contribution in [0.4, 0.5) is 4.39 Å². The first-order chi connectivity index (χ1) is 19.4. The maximum Gasteiger partial charge on any atom is 0.255 e. The summed E-state index contributed by atoms with van der Waals surface area (Å²) in [5, 5.41) is 44.9. The molecule has 3 aliphatic carbocycles. The number of nitrogens with two attached hydrogens (primary N) is 1. The zero-order chi connectivity index (χ0) is 31.5. The van der Waals surface area contributed by atoms with Gasteiger partial charge >= 0.3 is 0 Å². The second-order valence-corrected chi connectivity index (χ2v) is 12.9. The van der Waals surface area contributed by atoms with Crippen molar-refractivity contribution in [2.45, 2.75) is 51.8 Å². The number of hydrogen-bond acceptors (Lipinski definition) is 10. The monoisotopic (exact) mass is 589 g/mol. The summed E-state index contributed by atoms with van der Waals surface area (Å²) in [6, 6.07) is 0.00131. The molecule has 1 fully saturated rings. The van der Waals surface area contributed by atoms with Crippen molar-refractivity contribution in [2.75, 3.05) is 40.9 Å². The minimum atomic E-state index is -2.74. The van der Waals surface area contributed by atoms with Crippen LogP contribution in [0.3, 0.4) is 0 Å². The molecule has 0 bridgehead atoms. The maximum absolute atomic E-state index is 16.2. The number of phenolic OH excluding ortho intramolecular Hbond substituents is 1. The van der Waals surface area contributed by atoms with Crippen LogP contribution in [0.5, 0.6) is 5.75 Å². The standard InChI is InChI=1S/C30H40FN3O8/c1-29(2,3)13-34(7-8-42-6)12-15-11-18(35)20-16(22(15)31)9-14-10-17-23(33(4)5)25(37)21(28(32)40)27(39)30(17,41)26(38)19(14)24(20)36/h11,14,17,23,35-36,39,41H,7-10,12-13H2,1-6H3,(H2,32,40)/t14-,17-,23-,30-/m0/s1. The highest BCUT2D eigenvalue weighted by molar-refractivity contribution is 6.24. The number of primary amides is 1. The van der Waals surface area contributed by atoms with Crippen LogP contribution in [-0.4, -0.2) is 100 Å². The second kappa shape index (κ2) is 11.1. The molecule has 0 saturated heterocycles. The third-order valence-corrected chi connectivity index (χ3v) is 8.43. The number of rotatable bonds is 8. The summed E-state index contributed by atoms with van der Waals surface area (Å²) < 4.78 is 21.4. The normalized spacial score (nSPS) is 26.1. The molecule has 0 unspecified atom stereocenters. The average molecular weight is 590 g/mol. The summed E-state index contributed by atoms with van der Waals surface area (Å²) in [5.74, 6) is -8.35. The number of nitrogens with zero attached hydrogens (tertiary/aromatic N) is 2. The van der Waals surface area contributed by atoms with Crippen LogP contribution in [0.1, 0.15) is 43.9 Å². The molecular formula is C30H40FN3O8. The minimum Gasteiger partial charge on any atom is -0.508 e. The van der Waals surface area contributed by atoms with E-state index in [9.17, 15) is 34.8 Å².